The summed E-state index contributed by atoms with van der Waals surface area (Å²) in [5.74, 6) is -1.78. The lowest BCUT2D eigenvalue weighted by Gasteiger charge is -2.34. The van der Waals surface area contributed by atoms with E-state index in [9.17, 15) is 30.8 Å². The van der Waals surface area contributed by atoms with Gasteiger partial charge in [0.05, 0.1) is 16.9 Å². The number of rotatable bonds is 4. The maximum absolute atomic E-state index is 13.5. The van der Waals surface area contributed by atoms with Crippen molar-refractivity contribution >= 4 is 27.5 Å². The highest BCUT2D eigenvalue weighted by Crippen LogP contribution is 2.33. The Morgan fingerprint density at radius 1 is 1.03 bits per heavy atom. The summed E-state index contributed by atoms with van der Waals surface area (Å²) in [4.78, 5) is 13.3. The Morgan fingerprint density at radius 3 is 2.27 bits per heavy atom. The monoisotopic (exact) mass is 464 g/mol. The molecule has 3 rings (SSSR count). The highest BCUT2D eigenvalue weighted by molar-refractivity contribution is 7.89. The molecule has 0 saturated carbocycles. The van der Waals surface area contributed by atoms with Gasteiger partial charge in [-0.3, -0.25) is 4.79 Å². The first-order valence-electron chi connectivity index (χ1n) is 8.88. The molecule has 1 aliphatic rings. The zero-order chi connectivity index (χ0) is 22.1. The number of piperazine rings is 1. The average Bonchev–Trinajstić information content (AvgIpc) is 2.69. The molecule has 0 bridgehead atoms. The van der Waals surface area contributed by atoms with Crippen LogP contribution in [-0.2, 0) is 27.4 Å². The van der Waals surface area contributed by atoms with E-state index >= 15 is 0 Å². The van der Waals surface area contributed by atoms with Crippen LogP contribution in [-0.4, -0.2) is 49.7 Å². The van der Waals surface area contributed by atoms with Crippen LogP contribution in [0.2, 0.25) is 5.02 Å². The molecule has 0 aromatic heterocycles. The van der Waals surface area contributed by atoms with Crippen LogP contribution >= 0.6 is 11.6 Å². The van der Waals surface area contributed by atoms with E-state index in [1.165, 1.54) is 4.90 Å². The zero-order valence-electron chi connectivity index (χ0n) is 15.5. The number of benzene rings is 2. The second-order valence-electron chi connectivity index (χ2n) is 6.69. The van der Waals surface area contributed by atoms with Crippen LogP contribution in [0.3, 0.4) is 0 Å². The Morgan fingerprint density at radius 2 is 1.67 bits per heavy atom. The maximum atomic E-state index is 13.5. The minimum Gasteiger partial charge on any atom is -0.340 e. The van der Waals surface area contributed by atoms with Gasteiger partial charge in [-0.2, -0.15) is 17.5 Å². The summed E-state index contributed by atoms with van der Waals surface area (Å²) in [5.41, 5.74) is -0.998. The second kappa shape index (κ2) is 8.52. The Bertz CT molecular complexity index is 1050. The summed E-state index contributed by atoms with van der Waals surface area (Å²) >= 11 is 6.05. The molecule has 0 N–H and O–H groups in total. The SMILES string of the molecule is O=C(Cc1ccccc1Cl)N1CCN(S(=O)(=O)c2ccc(F)c(C(F)(F)F)c2)CC1. The number of nitrogens with zero attached hydrogens (tertiary/aromatic N) is 2. The van der Waals surface area contributed by atoms with Crippen LogP contribution in [0, 0.1) is 5.82 Å². The van der Waals surface area contributed by atoms with Gasteiger partial charge in [0.15, 0.2) is 0 Å². The predicted molar refractivity (Wildman–Crippen MR) is 102 cm³/mol. The van der Waals surface area contributed by atoms with Crippen molar-refractivity contribution in [2.24, 2.45) is 0 Å². The Labute approximate surface area is 175 Å². The van der Waals surface area contributed by atoms with Crippen molar-refractivity contribution in [3.8, 4) is 0 Å². The Hall–Kier alpha value is -2.17. The number of carbonyl (C=O) groups excluding carboxylic acids is 1. The fraction of sp³-hybridized carbons (Fsp3) is 0.316. The maximum Gasteiger partial charge on any atom is 0.419 e. The van der Waals surface area contributed by atoms with E-state index in [4.69, 9.17) is 11.6 Å². The molecule has 2 aromatic carbocycles. The van der Waals surface area contributed by atoms with Gasteiger partial charge in [-0.05, 0) is 29.8 Å². The number of alkyl halides is 3. The standard InChI is InChI=1S/C19H17ClF4N2O3S/c20-16-4-2-1-3-13(16)11-18(27)25-7-9-26(10-8-25)30(28,29)14-5-6-17(21)15(12-14)19(22,23)24/h1-6,12H,7-11H2. The lowest BCUT2D eigenvalue weighted by atomic mass is 10.1. The molecule has 0 unspecified atom stereocenters. The first kappa shape index (κ1) is 22.5. The molecule has 1 amide bonds. The van der Waals surface area contributed by atoms with E-state index in [-0.39, 0.29) is 38.5 Å². The van der Waals surface area contributed by atoms with Crippen molar-refractivity contribution in [2.75, 3.05) is 26.2 Å². The van der Waals surface area contributed by atoms with Gasteiger partial charge in [0.1, 0.15) is 5.82 Å². The lowest BCUT2D eigenvalue weighted by Crippen LogP contribution is -2.50. The largest absolute Gasteiger partial charge is 0.419 e. The van der Waals surface area contributed by atoms with E-state index in [1.807, 2.05) is 0 Å². The summed E-state index contributed by atoms with van der Waals surface area (Å²) in [6, 6.07) is 8.43. The normalized spacial score (nSPS) is 16.0. The quantitative estimate of drug-likeness (QED) is 0.650. The molecule has 1 aliphatic heterocycles. The van der Waals surface area contributed by atoms with Gasteiger partial charge in [0.25, 0.3) is 0 Å². The van der Waals surface area contributed by atoms with Crippen LogP contribution in [0.4, 0.5) is 17.6 Å². The van der Waals surface area contributed by atoms with E-state index in [0.29, 0.717) is 22.7 Å². The predicted octanol–water partition coefficient (Wildman–Crippen LogP) is 3.57. The molecular formula is C19H17ClF4N2O3S. The van der Waals surface area contributed by atoms with E-state index in [2.05, 4.69) is 0 Å². The van der Waals surface area contributed by atoms with Gasteiger partial charge < -0.3 is 4.90 Å². The molecule has 11 heteroatoms. The fourth-order valence-electron chi connectivity index (χ4n) is 3.13. The molecule has 0 aliphatic carbocycles. The van der Waals surface area contributed by atoms with Crippen molar-refractivity contribution < 1.29 is 30.8 Å². The molecule has 0 radical (unpaired) electrons. The summed E-state index contributed by atoms with van der Waals surface area (Å²) in [7, 11) is -4.27. The topological polar surface area (TPSA) is 57.7 Å². The van der Waals surface area contributed by atoms with Gasteiger partial charge in [-0.15, -0.1) is 0 Å². The number of halogens is 5. The summed E-state index contributed by atoms with van der Waals surface area (Å²) < 4.78 is 78.6. The first-order valence-corrected chi connectivity index (χ1v) is 10.7. The van der Waals surface area contributed by atoms with Gasteiger partial charge in [0.2, 0.25) is 15.9 Å². The molecule has 30 heavy (non-hydrogen) atoms. The summed E-state index contributed by atoms with van der Waals surface area (Å²) in [6.45, 7) is -0.0175. The number of amides is 1. The van der Waals surface area contributed by atoms with Gasteiger partial charge >= 0.3 is 6.18 Å². The molecule has 162 valence electrons. The Balaban J connectivity index is 1.70. The molecule has 2 aromatic rings. The molecule has 1 heterocycles. The third kappa shape index (κ3) is 4.76. The summed E-state index contributed by atoms with van der Waals surface area (Å²) in [6.07, 6.45) is -4.96. The van der Waals surface area contributed by atoms with Crippen LogP contribution in [0.25, 0.3) is 0 Å². The molecule has 1 saturated heterocycles. The minimum absolute atomic E-state index is 0.0549. The zero-order valence-corrected chi connectivity index (χ0v) is 17.1. The van der Waals surface area contributed by atoms with Crippen molar-refractivity contribution in [2.45, 2.75) is 17.5 Å². The van der Waals surface area contributed by atoms with E-state index < -0.39 is 32.5 Å². The molecule has 1 fully saturated rings. The fourth-order valence-corrected chi connectivity index (χ4v) is 4.78. The third-order valence-corrected chi connectivity index (χ3v) is 7.04. The van der Waals surface area contributed by atoms with Crippen LogP contribution < -0.4 is 0 Å². The van der Waals surface area contributed by atoms with Gasteiger partial charge in [-0.25, -0.2) is 12.8 Å². The smallest absolute Gasteiger partial charge is 0.340 e. The van der Waals surface area contributed by atoms with Crippen LogP contribution in [0.15, 0.2) is 47.4 Å². The van der Waals surface area contributed by atoms with E-state index in [0.717, 1.165) is 10.4 Å². The van der Waals surface area contributed by atoms with Crippen molar-refractivity contribution in [1.82, 2.24) is 9.21 Å². The first-order chi connectivity index (χ1) is 14.0. The van der Waals surface area contributed by atoms with Crippen molar-refractivity contribution in [3.05, 3.63) is 64.4 Å². The highest BCUT2D eigenvalue weighted by atomic mass is 35.5. The van der Waals surface area contributed by atoms with Gasteiger partial charge in [0, 0.05) is 31.2 Å². The Kier molecular flexibility index (Phi) is 6.40. The third-order valence-electron chi connectivity index (χ3n) is 4.77. The number of hydrogen-bond acceptors (Lipinski definition) is 3. The second-order valence-corrected chi connectivity index (χ2v) is 9.04. The van der Waals surface area contributed by atoms with Crippen LogP contribution in [0.1, 0.15) is 11.1 Å². The molecular weight excluding hydrogens is 448 g/mol. The molecule has 5 nitrogen and oxygen atoms in total. The van der Waals surface area contributed by atoms with Crippen molar-refractivity contribution in [1.29, 1.82) is 0 Å². The minimum atomic E-state index is -5.01. The number of sulfonamides is 1. The molecule has 0 spiro atoms. The number of carbonyl (C=O) groups is 1. The molecule has 0 atom stereocenters. The van der Waals surface area contributed by atoms with Crippen molar-refractivity contribution in [3.63, 3.8) is 0 Å². The summed E-state index contributed by atoms with van der Waals surface area (Å²) in [5, 5.41) is 0.448. The highest BCUT2D eigenvalue weighted by Gasteiger charge is 2.37. The van der Waals surface area contributed by atoms with E-state index in [1.54, 1.807) is 24.3 Å². The average molecular weight is 465 g/mol. The van der Waals surface area contributed by atoms with Crippen LogP contribution in [0.5, 0.6) is 0 Å². The number of hydrogen-bond donors (Lipinski definition) is 0. The van der Waals surface area contributed by atoms with Gasteiger partial charge in [-0.1, -0.05) is 29.8 Å². The lowest BCUT2D eigenvalue weighted by molar-refractivity contribution is -0.140.